The molecule has 10 heteroatoms. The van der Waals surface area contributed by atoms with Gasteiger partial charge in [-0.2, -0.15) is 0 Å². The molecule has 0 aromatic carbocycles. The number of hydrogen-bond acceptors (Lipinski definition) is 6. The second-order valence-electron chi connectivity index (χ2n) is 0.577. The monoisotopic (exact) mass is 220 g/mol. The Kier molecular flexibility index (Phi) is 36.6. The molecule has 0 saturated carbocycles. The number of rotatable bonds is 0. The molecular formula is B2GeO6Si-2. The van der Waals surface area contributed by atoms with Crippen molar-refractivity contribution in [3.63, 3.8) is 0 Å². The van der Waals surface area contributed by atoms with Gasteiger partial charge in [0.2, 0.25) is 0 Å². The van der Waals surface area contributed by atoms with Crippen molar-refractivity contribution < 1.29 is 30.1 Å². The average Bonchev–Trinajstić information content (AvgIpc) is 1.25. The van der Waals surface area contributed by atoms with Gasteiger partial charge in [-0.25, -0.2) is 0 Å². The van der Waals surface area contributed by atoms with Crippen molar-refractivity contribution in [2.75, 3.05) is 0 Å². The van der Waals surface area contributed by atoms with E-state index in [9.17, 15) is 0 Å². The maximum Gasteiger partial charge on any atom is 4.00 e. The van der Waals surface area contributed by atoms with E-state index >= 15 is 0 Å². The predicted molar refractivity (Wildman–Crippen MR) is 23.0 cm³/mol. The van der Waals surface area contributed by atoms with E-state index in [4.69, 9.17) is 30.1 Å². The normalized spacial score (nSPS) is 5.40. The Labute approximate surface area is 73.9 Å². The predicted octanol–water partition coefficient (Wildman–Crippen LogP) is -8.66. The van der Waals surface area contributed by atoms with E-state index in [1.54, 1.807) is 0 Å². The summed E-state index contributed by atoms with van der Waals surface area (Å²) < 4.78 is 0. The molecule has 0 N–H and O–H groups in total. The molecule has 0 aromatic heterocycles. The summed E-state index contributed by atoms with van der Waals surface area (Å²) in [5, 5.41) is 50.5. The summed E-state index contributed by atoms with van der Waals surface area (Å²) in [4.78, 5) is 0. The summed E-state index contributed by atoms with van der Waals surface area (Å²) >= 11 is 0. The van der Waals surface area contributed by atoms with Gasteiger partial charge in [0, 0.05) is 17.6 Å². The van der Waals surface area contributed by atoms with Gasteiger partial charge in [-0.05, 0) is 0 Å². The molecule has 0 aromatic rings. The molecule has 0 aliphatic heterocycles. The Morgan fingerprint density at radius 3 is 0.600 bits per heavy atom. The second-order valence-corrected chi connectivity index (χ2v) is 0.577. The molecule has 0 aliphatic rings. The maximum atomic E-state index is 8.42. The first-order valence-corrected chi connectivity index (χ1v) is 1.41. The summed E-state index contributed by atoms with van der Waals surface area (Å²) in [5.41, 5.74) is 0. The number of hydrogen-bond donors (Lipinski definition) is 0. The molecule has 10 heavy (non-hydrogen) atoms. The van der Waals surface area contributed by atoms with Crippen LogP contribution in [0.5, 0.6) is 0 Å². The molecule has 6 nitrogen and oxygen atoms in total. The molecule has 0 unspecified atom stereocenters. The van der Waals surface area contributed by atoms with Gasteiger partial charge in [0.15, 0.2) is 0 Å². The van der Waals surface area contributed by atoms with Crippen molar-refractivity contribution in [3.8, 4) is 0 Å². The van der Waals surface area contributed by atoms with Crippen LogP contribution < -0.4 is 30.1 Å². The van der Waals surface area contributed by atoms with Gasteiger partial charge in [0.25, 0.3) is 0 Å². The fourth-order valence-corrected chi connectivity index (χ4v) is 0. The minimum Gasteiger partial charge on any atom is -0.907 e. The molecule has 4 radical (unpaired) electrons. The molecule has 0 fully saturated rings. The van der Waals surface area contributed by atoms with E-state index in [0.717, 1.165) is 0 Å². The van der Waals surface area contributed by atoms with Crippen molar-refractivity contribution in [2.45, 2.75) is 0 Å². The van der Waals surface area contributed by atoms with Crippen molar-refractivity contribution in [3.05, 3.63) is 0 Å². The van der Waals surface area contributed by atoms with Crippen LogP contribution in [0.15, 0.2) is 0 Å². The molecule has 0 bridgehead atoms. The SMILES string of the molecule is [Ge].[O-]B([O-])[O-].[O-]B([O-])[O-].[Si+4]. The first-order chi connectivity index (χ1) is 3.46. The summed E-state index contributed by atoms with van der Waals surface area (Å²) in [6.07, 6.45) is 0. The van der Waals surface area contributed by atoms with Crippen molar-refractivity contribution >= 4 is 43.2 Å². The van der Waals surface area contributed by atoms with Crippen LogP contribution in [-0.2, 0) is 0 Å². The minimum atomic E-state index is -2.92. The van der Waals surface area contributed by atoms with Gasteiger partial charge in [-0.1, -0.05) is 0 Å². The molecule has 0 rings (SSSR count). The molecule has 52 valence electrons. The molecule has 0 atom stereocenters. The van der Waals surface area contributed by atoms with Crippen LogP contribution in [0.25, 0.3) is 0 Å². The fourth-order valence-electron chi connectivity index (χ4n) is 0. The van der Waals surface area contributed by atoms with Crippen molar-refractivity contribution in [2.24, 2.45) is 0 Å². The van der Waals surface area contributed by atoms with E-state index in [-0.39, 0.29) is 28.6 Å². The van der Waals surface area contributed by atoms with Gasteiger partial charge in [0.05, 0.1) is 0 Å². The van der Waals surface area contributed by atoms with Crippen LogP contribution in [0.2, 0.25) is 0 Å². The molecule has 0 aliphatic carbocycles. The Bertz CT molecular complexity index is 31.2. The summed E-state index contributed by atoms with van der Waals surface area (Å²) in [6, 6.07) is 0. The Hall–Kier alpha value is 0.650. The van der Waals surface area contributed by atoms with Crippen molar-refractivity contribution in [1.82, 2.24) is 0 Å². The summed E-state index contributed by atoms with van der Waals surface area (Å²) in [7, 11) is -5.83. The first-order valence-electron chi connectivity index (χ1n) is 1.41. The van der Waals surface area contributed by atoms with Crippen molar-refractivity contribution in [1.29, 1.82) is 0 Å². The third-order valence-electron chi connectivity index (χ3n) is 0. The second kappa shape index (κ2) is 16.3. The average molecular weight is 218 g/mol. The van der Waals surface area contributed by atoms with E-state index in [1.807, 2.05) is 0 Å². The van der Waals surface area contributed by atoms with Crippen LogP contribution in [0.1, 0.15) is 0 Å². The van der Waals surface area contributed by atoms with E-state index in [2.05, 4.69) is 0 Å². The molecule has 0 saturated heterocycles. The smallest absolute Gasteiger partial charge is 0.907 e. The molecule has 0 amide bonds. The zero-order valence-electron chi connectivity index (χ0n) is 4.60. The topological polar surface area (TPSA) is 138 Å². The fraction of sp³-hybridized carbons (Fsp3) is 0. The van der Waals surface area contributed by atoms with Crippen LogP contribution >= 0.6 is 0 Å². The molecule has 0 spiro atoms. The summed E-state index contributed by atoms with van der Waals surface area (Å²) in [5.74, 6) is 0. The molecular weight excluding hydrogens is 218 g/mol. The first kappa shape index (κ1) is 22.4. The van der Waals surface area contributed by atoms with E-state index in [0.29, 0.717) is 0 Å². The third-order valence-corrected chi connectivity index (χ3v) is 0. The van der Waals surface area contributed by atoms with E-state index < -0.39 is 14.6 Å². The van der Waals surface area contributed by atoms with Crippen LogP contribution in [0, 0.1) is 0 Å². The van der Waals surface area contributed by atoms with Gasteiger partial charge < -0.3 is 30.1 Å². The zero-order chi connectivity index (χ0) is 7.15. The Morgan fingerprint density at radius 1 is 0.600 bits per heavy atom. The standard InChI is InChI=1S/2BO3.Ge.Si/c2*2-1(3)4;;/q2*-3;;+4. The van der Waals surface area contributed by atoms with Gasteiger partial charge >= 0.3 is 11.0 Å². The Balaban J connectivity index is -0.0000000300. The quantitative estimate of drug-likeness (QED) is 0.370. The van der Waals surface area contributed by atoms with E-state index in [1.165, 1.54) is 0 Å². The van der Waals surface area contributed by atoms with Gasteiger partial charge in [-0.3, -0.25) is 14.6 Å². The Morgan fingerprint density at radius 2 is 0.600 bits per heavy atom. The van der Waals surface area contributed by atoms with Crippen LogP contribution in [0.3, 0.4) is 0 Å². The largest absolute Gasteiger partial charge is 4.00 e. The molecule has 0 heterocycles. The van der Waals surface area contributed by atoms with Crippen LogP contribution in [-0.4, -0.2) is 43.2 Å². The minimum absolute atomic E-state index is 0. The maximum absolute atomic E-state index is 8.42. The van der Waals surface area contributed by atoms with Gasteiger partial charge in [0.1, 0.15) is 0 Å². The van der Waals surface area contributed by atoms with Crippen LogP contribution in [0.4, 0.5) is 0 Å². The van der Waals surface area contributed by atoms with Gasteiger partial charge in [-0.15, -0.1) is 0 Å². The third kappa shape index (κ3) is 1200. The summed E-state index contributed by atoms with van der Waals surface area (Å²) in [6.45, 7) is 0. The zero-order valence-corrected chi connectivity index (χ0v) is 7.70.